The summed E-state index contributed by atoms with van der Waals surface area (Å²) in [6.45, 7) is 1.63. The number of para-hydroxylation sites is 1. The van der Waals surface area contributed by atoms with Gasteiger partial charge in [0.15, 0.2) is 10.9 Å². The number of benzene rings is 1. The van der Waals surface area contributed by atoms with Gasteiger partial charge < -0.3 is 9.88 Å². The highest BCUT2D eigenvalue weighted by Gasteiger charge is 2.14. The van der Waals surface area contributed by atoms with E-state index in [0.29, 0.717) is 10.7 Å². The van der Waals surface area contributed by atoms with Gasteiger partial charge in [0.1, 0.15) is 12.2 Å². The summed E-state index contributed by atoms with van der Waals surface area (Å²) >= 11 is 1.35. The molecule has 0 radical (unpaired) electrons. The molecule has 1 aromatic carbocycles. The Balaban J connectivity index is 1.53. The van der Waals surface area contributed by atoms with Crippen molar-refractivity contribution in [1.82, 2.24) is 14.5 Å². The van der Waals surface area contributed by atoms with Crippen molar-refractivity contribution in [3.8, 4) is 11.4 Å². The number of anilines is 1. The van der Waals surface area contributed by atoms with Crippen LogP contribution in [0.1, 0.15) is 17.3 Å². The van der Waals surface area contributed by atoms with Gasteiger partial charge >= 0.3 is 0 Å². The first-order valence-electron chi connectivity index (χ1n) is 8.37. The summed E-state index contributed by atoms with van der Waals surface area (Å²) in [4.78, 5) is 33.0. The molecular formula is C20H16N4O2S. The molecule has 0 aliphatic heterocycles. The van der Waals surface area contributed by atoms with E-state index in [1.165, 1.54) is 18.3 Å². The molecule has 0 fully saturated rings. The maximum Gasteiger partial charge on any atom is 0.246 e. The van der Waals surface area contributed by atoms with Crippen molar-refractivity contribution in [1.29, 1.82) is 0 Å². The van der Waals surface area contributed by atoms with E-state index in [2.05, 4.69) is 15.3 Å². The highest BCUT2D eigenvalue weighted by molar-refractivity contribution is 7.14. The van der Waals surface area contributed by atoms with Gasteiger partial charge in [-0.2, -0.15) is 0 Å². The maximum absolute atomic E-state index is 12.5. The number of ketones is 1. The topological polar surface area (TPSA) is 76.9 Å². The number of fused-ring (bicyclic) bond motifs is 1. The molecule has 0 atom stereocenters. The fraction of sp³-hybridized carbons (Fsp3) is 0.100. The summed E-state index contributed by atoms with van der Waals surface area (Å²) in [6, 6.07) is 13.2. The minimum atomic E-state index is -0.201. The van der Waals surface area contributed by atoms with Gasteiger partial charge in [-0.05, 0) is 25.1 Å². The number of rotatable bonds is 5. The SMILES string of the molecule is CC(=O)c1cn(CC(=O)Nc2nc(-c3ccccn3)cs2)c2ccccc12. The van der Waals surface area contributed by atoms with Crippen LogP contribution in [0.3, 0.4) is 0 Å². The van der Waals surface area contributed by atoms with E-state index in [-0.39, 0.29) is 18.2 Å². The monoisotopic (exact) mass is 376 g/mol. The lowest BCUT2D eigenvalue weighted by Crippen LogP contribution is -2.18. The van der Waals surface area contributed by atoms with Crippen LogP contribution < -0.4 is 5.32 Å². The fourth-order valence-corrected chi connectivity index (χ4v) is 3.66. The lowest BCUT2D eigenvalue weighted by Gasteiger charge is -2.05. The lowest BCUT2D eigenvalue weighted by molar-refractivity contribution is -0.116. The summed E-state index contributed by atoms with van der Waals surface area (Å²) in [6.07, 6.45) is 3.43. The number of amides is 1. The molecule has 1 amide bonds. The molecular weight excluding hydrogens is 360 g/mol. The highest BCUT2D eigenvalue weighted by Crippen LogP contribution is 2.24. The molecule has 0 unspecified atom stereocenters. The van der Waals surface area contributed by atoms with Crippen LogP contribution in [0, 0.1) is 0 Å². The minimum absolute atomic E-state index is 0.0229. The van der Waals surface area contributed by atoms with Crippen molar-refractivity contribution >= 4 is 39.1 Å². The van der Waals surface area contributed by atoms with Crippen LogP contribution in [0.2, 0.25) is 0 Å². The number of nitrogens with zero attached hydrogens (tertiary/aromatic N) is 3. The first-order chi connectivity index (χ1) is 13.1. The molecule has 3 aromatic heterocycles. The predicted molar refractivity (Wildman–Crippen MR) is 106 cm³/mol. The largest absolute Gasteiger partial charge is 0.337 e. The van der Waals surface area contributed by atoms with Gasteiger partial charge in [-0.3, -0.25) is 14.6 Å². The quantitative estimate of drug-likeness (QED) is 0.534. The lowest BCUT2D eigenvalue weighted by atomic mass is 10.1. The molecule has 3 heterocycles. The number of hydrogen-bond acceptors (Lipinski definition) is 5. The molecule has 4 rings (SSSR count). The number of hydrogen-bond donors (Lipinski definition) is 1. The number of Topliss-reactive ketones (excluding diaryl/α,β-unsaturated/α-hetero) is 1. The van der Waals surface area contributed by atoms with Crippen molar-refractivity contribution in [2.45, 2.75) is 13.5 Å². The van der Waals surface area contributed by atoms with Crippen molar-refractivity contribution in [3.05, 3.63) is 65.8 Å². The third-order valence-electron chi connectivity index (χ3n) is 4.16. The summed E-state index contributed by atoms with van der Waals surface area (Å²) in [5, 5.41) is 6.05. The van der Waals surface area contributed by atoms with E-state index in [9.17, 15) is 9.59 Å². The van der Waals surface area contributed by atoms with Crippen molar-refractivity contribution in [2.24, 2.45) is 0 Å². The minimum Gasteiger partial charge on any atom is -0.337 e. The van der Waals surface area contributed by atoms with Gasteiger partial charge in [0.05, 0.1) is 5.69 Å². The van der Waals surface area contributed by atoms with Gasteiger partial charge in [-0.15, -0.1) is 11.3 Å². The zero-order valence-electron chi connectivity index (χ0n) is 14.5. The van der Waals surface area contributed by atoms with Crippen LogP contribution in [0.25, 0.3) is 22.3 Å². The third kappa shape index (κ3) is 3.50. The number of aromatic nitrogens is 3. The summed E-state index contributed by atoms with van der Waals surface area (Å²) in [5.41, 5.74) is 2.95. The summed E-state index contributed by atoms with van der Waals surface area (Å²) in [7, 11) is 0. The number of carbonyl (C=O) groups excluding carboxylic acids is 2. The first-order valence-corrected chi connectivity index (χ1v) is 9.25. The number of thiazole rings is 1. The van der Waals surface area contributed by atoms with Crippen LogP contribution in [0.5, 0.6) is 0 Å². The van der Waals surface area contributed by atoms with Gasteiger partial charge in [0, 0.05) is 34.2 Å². The average molecular weight is 376 g/mol. The van der Waals surface area contributed by atoms with Crippen LogP contribution >= 0.6 is 11.3 Å². The molecule has 0 saturated carbocycles. The maximum atomic E-state index is 12.5. The van der Waals surface area contributed by atoms with E-state index in [1.54, 1.807) is 17.0 Å². The van der Waals surface area contributed by atoms with E-state index < -0.39 is 0 Å². The Labute approximate surface area is 159 Å². The Morgan fingerprint density at radius 3 is 2.70 bits per heavy atom. The van der Waals surface area contributed by atoms with Crippen LogP contribution in [-0.2, 0) is 11.3 Å². The molecule has 0 aliphatic rings. The van der Waals surface area contributed by atoms with E-state index in [4.69, 9.17) is 0 Å². The van der Waals surface area contributed by atoms with E-state index in [0.717, 1.165) is 22.3 Å². The second-order valence-corrected chi connectivity index (χ2v) is 6.90. The van der Waals surface area contributed by atoms with Crippen LogP contribution in [0.15, 0.2) is 60.2 Å². The molecule has 1 N–H and O–H groups in total. The molecule has 134 valence electrons. The van der Waals surface area contributed by atoms with E-state index >= 15 is 0 Å². The standard InChI is InChI=1S/C20H16N4O2S/c1-13(25)15-10-24(18-8-3-2-6-14(15)18)11-19(26)23-20-22-17(12-27-20)16-7-4-5-9-21-16/h2-10,12H,11H2,1H3,(H,22,23,26). The van der Waals surface area contributed by atoms with Gasteiger partial charge in [0.2, 0.25) is 5.91 Å². The fourth-order valence-electron chi connectivity index (χ4n) is 2.93. The number of carbonyl (C=O) groups is 2. The molecule has 0 saturated heterocycles. The molecule has 0 spiro atoms. The molecule has 0 bridgehead atoms. The normalized spacial score (nSPS) is 10.9. The molecule has 6 nitrogen and oxygen atoms in total. The Bertz CT molecular complexity index is 1130. The number of pyridine rings is 1. The summed E-state index contributed by atoms with van der Waals surface area (Å²) in [5.74, 6) is -0.224. The third-order valence-corrected chi connectivity index (χ3v) is 4.92. The zero-order chi connectivity index (χ0) is 18.8. The molecule has 4 aromatic rings. The number of nitrogens with one attached hydrogen (secondary N) is 1. The van der Waals surface area contributed by atoms with Gasteiger partial charge in [0.25, 0.3) is 0 Å². The molecule has 0 aliphatic carbocycles. The van der Waals surface area contributed by atoms with E-state index in [1.807, 2.05) is 47.8 Å². The van der Waals surface area contributed by atoms with Crippen molar-refractivity contribution < 1.29 is 9.59 Å². The molecule has 27 heavy (non-hydrogen) atoms. The molecule has 7 heteroatoms. The predicted octanol–water partition coefficient (Wildman–Crippen LogP) is 4.00. The average Bonchev–Trinajstić information content (AvgIpc) is 3.28. The second-order valence-electron chi connectivity index (χ2n) is 6.05. The van der Waals surface area contributed by atoms with Crippen LogP contribution in [0.4, 0.5) is 5.13 Å². The van der Waals surface area contributed by atoms with Gasteiger partial charge in [-0.1, -0.05) is 24.3 Å². The Kier molecular flexibility index (Phi) is 4.52. The Morgan fingerprint density at radius 2 is 1.93 bits per heavy atom. The van der Waals surface area contributed by atoms with Crippen molar-refractivity contribution in [2.75, 3.05) is 5.32 Å². The second kappa shape index (κ2) is 7.13. The van der Waals surface area contributed by atoms with Crippen molar-refractivity contribution in [3.63, 3.8) is 0 Å². The van der Waals surface area contributed by atoms with Crippen LogP contribution in [-0.4, -0.2) is 26.2 Å². The highest BCUT2D eigenvalue weighted by atomic mass is 32.1. The Morgan fingerprint density at radius 1 is 1.11 bits per heavy atom. The smallest absolute Gasteiger partial charge is 0.246 e. The Hall–Kier alpha value is -3.32. The van der Waals surface area contributed by atoms with Gasteiger partial charge in [-0.25, -0.2) is 4.98 Å². The first kappa shape index (κ1) is 17.1. The zero-order valence-corrected chi connectivity index (χ0v) is 15.4. The summed E-state index contributed by atoms with van der Waals surface area (Å²) < 4.78 is 1.79.